The minimum absolute atomic E-state index is 0.261. The maximum Gasteiger partial charge on any atom is 0.236 e. The van der Waals surface area contributed by atoms with Crippen molar-refractivity contribution in [3.63, 3.8) is 0 Å². The van der Waals surface area contributed by atoms with Crippen LogP contribution in [0.15, 0.2) is 12.1 Å². The molecule has 1 rings (SSSR count). The molecule has 0 N–H and O–H groups in total. The molecule has 0 aliphatic heterocycles. The number of aryl methyl sites for hydroxylation is 1. The van der Waals surface area contributed by atoms with E-state index in [-0.39, 0.29) is 5.75 Å². The summed E-state index contributed by atoms with van der Waals surface area (Å²) in [7, 11) is 4.62. The van der Waals surface area contributed by atoms with E-state index in [1.165, 1.54) is 7.11 Å². The molecule has 0 heterocycles. The molecule has 0 amide bonds. The molecule has 4 nitrogen and oxygen atoms in total. The van der Waals surface area contributed by atoms with E-state index in [0.717, 1.165) is 5.56 Å². The molecule has 6 heteroatoms. The molecule has 0 bridgehead atoms. The van der Waals surface area contributed by atoms with E-state index in [1.807, 2.05) is 6.92 Å². The Morgan fingerprint density at radius 3 is 2.19 bits per heavy atom. The fourth-order valence-electron chi connectivity index (χ4n) is 1.44. The number of ether oxygens (including phenoxy) is 2. The molecule has 0 atom stereocenters. The minimum Gasteiger partial charge on any atom is -0.496 e. The van der Waals surface area contributed by atoms with Gasteiger partial charge in [-0.15, -0.1) is 0 Å². The van der Waals surface area contributed by atoms with Crippen molar-refractivity contribution < 1.29 is 17.9 Å². The van der Waals surface area contributed by atoms with Crippen molar-refractivity contribution in [2.75, 3.05) is 14.2 Å². The molecular formula is C10H13ClO4S. The lowest BCUT2D eigenvalue weighted by Crippen LogP contribution is -2.00. The van der Waals surface area contributed by atoms with Gasteiger partial charge in [0.1, 0.15) is 11.5 Å². The highest BCUT2D eigenvalue weighted by Crippen LogP contribution is 2.30. The fraction of sp³-hybridized carbons (Fsp3) is 0.400. The van der Waals surface area contributed by atoms with Crippen LogP contribution in [0.5, 0.6) is 11.5 Å². The van der Waals surface area contributed by atoms with Crippen LogP contribution >= 0.6 is 10.7 Å². The quantitative estimate of drug-likeness (QED) is 0.782. The van der Waals surface area contributed by atoms with Crippen LogP contribution in [0.2, 0.25) is 0 Å². The number of hydrogen-bond donors (Lipinski definition) is 0. The first-order valence-electron chi connectivity index (χ1n) is 4.51. The Labute approximate surface area is 99.6 Å². The molecule has 1 aromatic carbocycles. The molecule has 90 valence electrons. The van der Waals surface area contributed by atoms with Gasteiger partial charge in [0.2, 0.25) is 9.05 Å². The average Bonchev–Trinajstić information content (AvgIpc) is 2.16. The Hall–Kier alpha value is -0.940. The first kappa shape index (κ1) is 13.1. The topological polar surface area (TPSA) is 52.6 Å². The largest absolute Gasteiger partial charge is 0.496 e. The summed E-state index contributed by atoms with van der Waals surface area (Å²) < 4.78 is 32.2. The van der Waals surface area contributed by atoms with Gasteiger partial charge in [-0.25, -0.2) is 8.42 Å². The summed E-state index contributed by atoms with van der Waals surface area (Å²) in [6.45, 7) is 1.82. The fourth-order valence-corrected chi connectivity index (χ4v) is 2.39. The van der Waals surface area contributed by atoms with Crippen LogP contribution in [-0.4, -0.2) is 22.6 Å². The number of benzene rings is 1. The molecule has 0 saturated carbocycles. The summed E-state index contributed by atoms with van der Waals surface area (Å²) in [5.74, 6) is 0.835. The molecule has 0 aromatic heterocycles. The third-order valence-corrected chi connectivity index (χ3v) is 3.11. The van der Waals surface area contributed by atoms with E-state index in [1.54, 1.807) is 19.2 Å². The summed E-state index contributed by atoms with van der Waals surface area (Å²) in [5, 5.41) is 0. The molecule has 0 spiro atoms. The van der Waals surface area contributed by atoms with Gasteiger partial charge in [-0.05, 0) is 18.6 Å². The first-order valence-corrected chi connectivity index (χ1v) is 6.99. The van der Waals surface area contributed by atoms with E-state index in [2.05, 4.69) is 0 Å². The maximum atomic E-state index is 11.0. The Balaban J connectivity index is 3.23. The Morgan fingerprint density at radius 1 is 1.19 bits per heavy atom. The summed E-state index contributed by atoms with van der Waals surface area (Å²) in [5.41, 5.74) is 1.36. The molecule has 0 fully saturated rings. The average molecular weight is 265 g/mol. The Morgan fingerprint density at radius 2 is 1.75 bits per heavy atom. The lowest BCUT2D eigenvalue weighted by Gasteiger charge is -2.11. The van der Waals surface area contributed by atoms with Crippen molar-refractivity contribution in [3.8, 4) is 11.5 Å². The SMILES string of the molecule is COc1cc(OC)c(CS(=O)(=O)Cl)cc1C. The van der Waals surface area contributed by atoms with Gasteiger partial charge in [0.05, 0.1) is 20.0 Å². The summed E-state index contributed by atoms with van der Waals surface area (Å²) >= 11 is 0. The third kappa shape index (κ3) is 3.28. The number of halogens is 1. The van der Waals surface area contributed by atoms with E-state index < -0.39 is 9.05 Å². The zero-order valence-electron chi connectivity index (χ0n) is 9.28. The molecular weight excluding hydrogens is 252 g/mol. The Bertz CT molecular complexity index is 482. The standard InChI is InChI=1S/C10H13ClO4S/c1-7-4-8(6-16(11,12)13)10(15-3)5-9(7)14-2/h4-5H,6H2,1-3H3. The second-order valence-electron chi connectivity index (χ2n) is 3.32. The minimum atomic E-state index is -3.59. The predicted molar refractivity (Wildman–Crippen MR) is 62.8 cm³/mol. The molecule has 1 aromatic rings. The zero-order chi connectivity index (χ0) is 12.3. The number of rotatable bonds is 4. The van der Waals surface area contributed by atoms with E-state index in [9.17, 15) is 8.42 Å². The Kier molecular flexibility index (Phi) is 4.04. The smallest absolute Gasteiger partial charge is 0.236 e. The van der Waals surface area contributed by atoms with Gasteiger partial charge in [0.25, 0.3) is 0 Å². The van der Waals surface area contributed by atoms with Gasteiger partial charge < -0.3 is 9.47 Å². The highest BCUT2D eigenvalue weighted by atomic mass is 35.7. The van der Waals surface area contributed by atoms with Gasteiger partial charge in [-0.1, -0.05) is 0 Å². The summed E-state index contributed by atoms with van der Waals surface area (Å²) in [4.78, 5) is 0. The van der Waals surface area contributed by atoms with Gasteiger partial charge >= 0.3 is 0 Å². The molecule has 16 heavy (non-hydrogen) atoms. The number of methoxy groups -OCH3 is 2. The highest BCUT2D eigenvalue weighted by molar-refractivity contribution is 8.13. The van der Waals surface area contributed by atoms with E-state index in [4.69, 9.17) is 20.2 Å². The normalized spacial score (nSPS) is 11.2. The van der Waals surface area contributed by atoms with Gasteiger partial charge in [-0.3, -0.25) is 0 Å². The molecule has 0 saturated heterocycles. The van der Waals surface area contributed by atoms with Crippen molar-refractivity contribution >= 4 is 19.7 Å². The van der Waals surface area contributed by atoms with Gasteiger partial charge in [0.15, 0.2) is 0 Å². The lowest BCUT2D eigenvalue weighted by atomic mass is 10.1. The molecule has 0 radical (unpaired) electrons. The van der Waals surface area contributed by atoms with E-state index >= 15 is 0 Å². The van der Waals surface area contributed by atoms with Crippen molar-refractivity contribution in [3.05, 3.63) is 23.3 Å². The molecule has 0 aliphatic rings. The van der Waals surface area contributed by atoms with Crippen LogP contribution in [0.3, 0.4) is 0 Å². The highest BCUT2D eigenvalue weighted by Gasteiger charge is 2.14. The molecule has 0 aliphatic carbocycles. The summed E-state index contributed by atoms with van der Waals surface area (Å²) in [6.07, 6.45) is 0. The monoisotopic (exact) mass is 264 g/mol. The van der Waals surface area contributed by atoms with Gasteiger partial charge in [0, 0.05) is 22.3 Å². The second-order valence-corrected chi connectivity index (χ2v) is 6.09. The molecule has 0 unspecified atom stereocenters. The number of hydrogen-bond acceptors (Lipinski definition) is 4. The second kappa shape index (κ2) is 4.93. The van der Waals surface area contributed by atoms with Crippen LogP contribution in [0.4, 0.5) is 0 Å². The predicted octanol–water partition coefficient (Wildman–Crippen LogP) is 2.08. The van der Waals surface area contributed by atoms with Crippen molar-refractivity contribution in [1.82, 2.24) is 0 Å². The first-order chi connectivity index (χ1) is 7.37. The van der Waals surface area contributed by atoms with E-state index in [0.29, 0.717) is 17.1 Å². The van der Waals surface area contributed by atoms with Crippen molar-refractivity contribution in [1.29, 1.82) is 0 Å². The van der Waals surface area contributed by atoms with Crippen LogP contribution in [0, 0.1) is 6.92 Å². The zero-order valence-corrected chi connectivity index (χ0v) is 10.9. The summed E-state index contributed by atoms with van der Waals surface area (Å²) in [6, 6.07) is 3.34. The third-order valence-electron chi connectivity index (χ3n) is 2.13. The lowest BCUT2D eigenvalue weighted by molar-refractivity contribution is 0.390. The van der Waals surface area contributed by atoms with Crippen LogP contribution in [0.25, 0.3) is 0 Å². The maximum absolute atomic E-state index is 11.0. The van der Waals surface area contributed by atoms with Crippen LogP contribution < -0.4 is 9.47 Å². The van der Waals surface area contributed by atoms with Gasteiger partial charge in [-0.2, -0.15) is 0 Å². The van der Waals surface area contributed by atoms with Crippen LogP contribution in [-0.2, 0) is 14.8 Å². The van der Waals surface area contributed by atoms with Crippen LogP contribution in [0.1, 0.15) is 11.1 Å². The van der Waals surface area contributed by atoms with Crippen molar-refractivity contribution in [2.24, 2.45) is 0 Å². The van der Waals surface area contributed by atoms with Crippen molar-refractivity contribution in [2.45, 2.75) is 12.7 Å².